The van der Waals surface area contributed by atoms with E-state index in [1.165, 1.54) is 0 Å². The Balaban J connectivity index is 2.64. The van der Waals surface area contributed by atoms with Crippen LogP contribution in [0, 0.1) is 11.8 Å². The van der Waals surface area contributed by atoms with Crippen LogP contribution in [0.2, 0.25) is 0 Å². The summed E-state index contributed by atoms with van der Waals surface area (Å²) in [5.41, 5.74) is 0. The molecule has 0 radical (unpaired) electrons. The Morgan fingerprint density at radius 1 is 1.12 bits per heavy atom. The summed E-state index contributed by atoms with van der Waals surface area (Å²) >= 11 is 0. The fourth-order valence-electron chi connectivity index (χ4n) is 2.32. The van der Waals surface area contributed by atoms with Gasteiger partial charge in [0.05, 0.1) is 24.9 Å². The van der Waals surface area contributed by atoms with E-state index in [-0.39, 0.29) is 18.1 Å². The van der Waals surface area contributed by atoms with Crippen LogP contribution in [0.3, 0.4) is 0 Å². The van der Waals surface area contributed by atoms with E-state index in [1.807, 2.05) is 20.8 Å². The van der Waals surface area contributed by atoms with Gasteiger partial charge >= 0.3 is 0 Å². The summed E-state index contributed by atoms with van der Waals surface area (Å²) in [7, 11) is 0. The molecular weight excluding hydrogens is 220 g/mol. The lowest BCUT2D eigenvalue weighted by molar-refractivity contribution is -0.221. The smallest absolute Gasteiger partial charge is 0.110 e. The maximum absolute atomic E-state index is 10.0. The second kappa shape index (κ2) is 6.14. The number of hydrogen-bond acceptors (Lipinski definition) is 4. The molecule has 1 aliphatic heterocycles. The van der Waals surface area contributed by atoms with Gasteiger partial charge in [-0.15, -0.1) is 0 Å². The van der Waals surface area contributed by atoms with Gasteiger partial charge in [-0.1, -0.05) is 20.8 Å². The zero-order valence-corrected chi connectivity index (χ0v) is 11.5. The van der Waals surface area contributed by atoms with Gasteiger partial charge in [0.2, 0.25) is 0 Å². The predicted octanol–water partition coefficient (Wildman–Crippen LogP) is 1.19. The molecule has 5 atom stereocenters. The van der Waals surface area contributed by atoms with Gasteiger partial charge in [-0.25, -0.2) is 0 Å². The summed E-state index contributed by atoms with van der Waals surface area (Å²) in [4.78, 5) is 0. The van der Waals surface area contributed by atoms with Gasteiger partial charge in [-0.05, 0) is 19.8 Å². The Hall–Kier alpha value is -0.160. The summed E-state index contributed by atoms with van der Waals surface area (Å²) in [6, 6.07) is 0. The Bertz CT molecular complexity index is 229. The van der Waals surface area contributed by atoms with Crippen LogP contribution in [-0.2, 0) is 9.47 Å². The third-order valence-electron chi connectivity index (χ3n) is 3.37. The molecule has 0 bridgehead atoms. The predicted molar refractivity (Wildman–Crippen MR) is 65.8 cm³/mol. The van der Waals surface area contributed by atoms with Crippen molar-refractivity contribution in [2.45, 2.75) is 65.1 Å². The largest absolute Gasteiger partial charge is 0.390 e. The first-order valence-corrected chi connectivity index (χ1v) is 6.47. The van der Waals surface area contributed by atoms with Gasteiger partial charge < -0.3 is 19.7 Å². The van der Waals surface area contributed by atoms with Crippen LogP contribution in [0.15, 0.2) is 0 Å². The first-order valence-electron chi connectivity index (χ1n) is 6.47. The Labute approximate surface area is 104 Å². The van der Waals surface area contributed by atoms with Gasteiger partial charge in [0.25, 0.3) is 0 Å². The Morgan fingerprint density at radius 2 is 1.71 bits per heavy atom. The van der Waals surface area contributed by atoms with E-state index in [0.717, 1.165) is 0 Å². The molecule has 102 valence electrons. The highest BCUT2D eigenvalue weighted by atomic mass is 16.6. The van der Waals surface area contributed by atoms with Crippen LogP contribution >= 0.6 is 0 Å². The molecule has 2 N–H and O–H groups in total. The lowest BCUT2D eigenvalue weighted by atomic mass is 9.83. The SMILES string of the molecule is CC(C)OC[C@H]1OC(C(C)C)[C@H](C)[C@@H](O)[C@@H]1O. The Kier molecular flexibility index (Phi) is 5.38. The molecule has 1 rings (SSSR count). The van der Waals surface area contributed by atoms with E-state index in [1.54, 1.807) is 0 Å². The van der Waals surface area contributed by atoms with Crippen molar-refractivity contribution in [1.29, 1.82) is 0 Å². The molecule has 0 aliphatic carbocycles. The summed E-state index contributed by atoms with van der Waals surface area (Å²) < 4.78 is 11.3. The van der Waals surface area contributed by atoms with E-state index in [0.29, 0.717) is 12.5 Å². The van der Waals surface area contributed by atoms with Crippen molar-refractivity contribution in [3.05, 3.63) is 0 Å². The topological polar surface area (TPSA) is 58.9 Å². The molecular formula is C13H26O4. The first kappa shape index (κ1) is 14.9. The summed E-state index contributed by atoms with van der Waals surface area (Å²) in [5.74, 6) is 0.258. The molecule has 1 heterocycles. The molecule has 17 heavy (non-hydrogen) atoms. The third-order valence-corrected chi connectivity index (χ3v) is 3.37. The maximum atomic E-state index is 10.0. The second-order valence-electron chi connectivity index (χ2n) is 5.61. The molecule has 0 aromatic rings. The van der Waals surface area contributed by atoms with Crippen molar-refractivity contribution < 1.29 is 19.7 Å². The number of aliphatic hydroxyl groups excluding tert-OH is 2. The lowest BCUT2D eigenvalue weighted by Crippen LogP contribution is -2.56. The van der Waals surface area contributed by atoms with E-state index in [2.05, 4.69) is 13.8 Å². The van der Waals surface area contributed by atoms with E-state index in [9.17, 15) is 10.2 Å². The maximum Gasteiger partial charge on any atom is 0.110 e. The second-order valence-corrected chi connectivity index (χ2v) is 5.61. The van der Waals surface area contributed by atoms with Crippen LogP contribution < -0.4 is 0 Å². The number of rotatable bonds is 4. The number of hydrogen-bond donors (Lipinski definition) is 2. The van der Waals surface area contributed by atoms with Gasteiger partial charge in [0.15, 0.2) is 0 Å². The van der Waals surface area contributed by atoms with Crippen LogP contribution in [0.25, 0.3) is 0 Å². The first-order chi connectivity index (χ1) is 7.84. The van der Waals surface area contributed by atoms with Crippen molar-refractivity contribution in [3.8, 4) is 0 Å². The van der Waals surface area contributed by atoms with Gasteiger partial charge in [-0.3, -0.25) is 0 Å². The van der Waals surface area contributed by atoms with E-state index in [4.69, 9.17) is 9.47 Å². The fourth-order valence-corrected chi connectivity index (χ4v) is 2.32. The van der Waals surface area contributed by atoms with Crippen molar-refractivity contribution in [2.75, 3.05) is 6.61 Å². The van der Waals surface area contributed by atoms with Crippen molar-refractivity contribution in [1.82, 2.24) is 0 Å². The van der Waals surface area contributed by atoms with Crippen molar-refractivity contribution in [3.63, 3.8) is 0 Å². The highest BCUT2D eigenvalue weighted by Crippen LogP contribution is 2.30. The molecule has 0 aromatic carbocycles. The van der Waals surface area contributed by atoms with E-state index >= 15 is 0 Å². The zero-order valence-electron chi connectivity index (χ0n) is 11.5. The van der Waals surface area contributed by atoms with E-state index < -0.39 is 18.3 Å². The molecule has 0 amide bonds. The minimum Gasteiger partial charge on any atom is -0.390 e. The molecule has 0 saturated carbocycles. The van der Waals surface area contributed by atoms with Crippen LogP contribution in [0.5, 0.6) is 0 Å². The fraction of sp³-hybridized carbons (Fsp3) is 1.00. The molecule has 1 unspecified atom stereocenters. The molecule has 4 nitrogen and oxygen atoms in total. The Morgan fingerprint density at radius 3 is 2.18 bits per heavy atom. The molecule has 4 heteroatoms. The molecule has 0 aromatic heterocycles. The number of ether oxygens (including phenoxy) is 2. The lowest BCUT2D eigenvalue weighted by Gasteiger charge is -2.43. The number of aliphatic hydroxyl groups is 2. The molecule has 1 saturated heterocycles. The van der Waals surface area contributed by atoms with Gasteiger partial charge in [-0.2, -0.15) is 0 Å². The monoisotopic (exact) mass is 246 g/mol. The zero-order chi connectivity index (χ0) is 13.2. The van der Waals surface area contributed by atoms with Gasteiger partial charge in [0.1, 0.15) is 12.2 Å². The molecule has 0 spiro atoms. The average Bonchev–Trinajstić information content (AvgIpc) is 2.24. The quantitative estimate of drug-likeness (QED) is 0.782. The molecule has 1 aliphatic rings. The standard InChI is InChI=1S/C13H26O4/c1-7(2)13-9(5)11(14)12(15)10(17-13)6-16-8(3)4/h7-15H,6H2,1-5H3/t9-,10-,11-,12-,13?/m1/s1. The third kappa shape index (κ3) is 3.65. The minimum absolute atomic E-state index is 0.0332. The summed E-state index contributed by atoms with van der Waals surface area (Å²) in [6.45, 7) is 10.2. The van der Waals surface area contributed by atoms with Crippen LogP contribution in [0.1, 0.15) is 34.6 Å². The van der Waals surface area contributed by atoms with Crippen molar-refractivity contribution >= 4 is 0 Å². The molecule has 1 fully saturated rings. The average molecular weight is 246 g/mol. The van der Waals surface area contributed by atoms with Gasteiger partial charge in [0, 0.05) is 5.92 Å². The van der Waals surface area contributed by atoms with Crippen molar-refractivity contribution in [2.24, 2.45) is 11.8 Å². The van der Waals surface area contributed by atoms with Crippen LogP contribution in [0.4, 0.5) is 0 Å². The van der Waals surface area contributed by atoms with Crippen LogP contribution in [-0.4, -0.2) is 47.3 Å². The minimum atomic E-state index is -0.862. The highest BCUT2D eigenvalue weighted by Gasteiger charge is 2.43. The highest BCUT2D eigenvalue weighted by molar-refractivity contribution is 4.91. The summed E-state index contributed by atoms with van der Waals surface area (Å²) in [5, 5.41) is 20.0. The summed E-state index contributed by atoms with van der Waals surface area (Å²) in [6.07, 6.45) is -1.97. The normalized spacial score (nSPS) is 39.0.